The van der Waals surface area contributed by atoms with Gasteiger partial charge >= 0.3 is 6.18 Å². The number of ether oxygens (including phenoxy) is 2. The van der Waals surface area contributed by atoms with Crippen LogP contribution in [0.15, 0.2) is 18.2 Å². The van der Waals surface area contributed by atoms with E-state index < -0.39 is 11.7 Å². The van der Waals surface area contributed by atoms with Crippen LogP contribution < -0.4 is 4.90 Å². The Morgan fingerprint density at radius 1 is 1.31 bits per heavy atom. The molecule has 1 amide bonds. The van der Waals surface area contributed by atoms with Gasteiger partial charge in [0, 0.05) is 69.4 Å². The number of nitrogens with zero attached hydrogens (tertiary/aromatic N) is 3. The number of alkyl halides is 3. The number of rotatable bonds is 4. The van der Waals surface area contributed by atoms with Crippen LogP contribution in [0.3, 0.4) is 0 Å². The average Bonchev–Trinajstić information content (AvgIpc) is 3.17. The molecule has 0 radical (unpaired) electrons. The van der Waals surface area contributed by atoms with Gasteiger partial charge in [-0.3, -0.25) is 4.79 Å². The molecule has 2 unspecified atom stereocenters. The highest BCUT2D eigenvalue weighted by Gasteiger charge is 2.51. The molecule has 3 fully saturated rings. The highest BCUT2D eigenvalue weighted by molar-refractivity contribution is 5.79. The van der Waals surface area contributed by atoms with Crippen LogP contribution in [0.1, 0.15) is 30.4 Å². The highest BCUT2D eigenvalue weighted by atomic mass is 19.4. The van der Waals surface area contributed by atoms with Crippen LogP contribution in [0.5, 0.6) is 0 Å². The third-order valence-corrected chi connectivity index (χ3v) is 7.24. The van der Waals surface area contributed by atoms with Crippen LogP contribution >= 0.6 is 0 Å². The molecule has 0 spiro atoms. The molecule has 32 heavy (non-hydrogen) atoms. The standard InChI is InChI=1S/C23H28F3N3O3/c1-31-15-22-6-7-28(19-3-2-17(11-27)20(10-19)23(24,25)26)12-18(22)13-29(14-22)21(30)16-4-8-32-9-5-16/h2-3,10,16,18H,4-9,12-15H2,1H3. The topological polar surface area (TPSA) is 65.8 Å². The number of methoxy groups -OCH3 is 1. The van der Waals surface area contributed by atoms with Crippen molar-refractivity contribution in [2.75, 3.05) is 58.0 Å². The molecular weight excluding hydrogens is 423 g/mol. The zero-order chi connectivity index (χ0) is 22.9. The number of amides is 1. The molecule has 0 aliphatic carbocycles. The molecule has 9 heteroatoms. The van der Waals surface area contributed by atoms with E-state index in [9.17, 15) is 18.0 Å². The zero-order valence-corrected chi connectivity index (χ0v) is 18.2. The van der Waals surface area contributed by atoms with Crippen molar-refractivity contribution in [2.24, 2.45) is 17.3 Å². The predicted molar refractivity (Wildman–Crippen MR) is 111 cm³/mol. The first kappa shape index (κ1) is 22.9. The number of carbonyl (C=O) groups is 1. The number of carbonyl (C=O) groups excluding carboxylic acids is 1. The first-order chi connectivity index (χ1) is 15.3. The first-order valence-corrected chi connectivity index (χ1v) is 11.0. The lowest BCUT2D eigenvalue weighted by molar-refractivity contribution is -0.138. The predicted octanol–water partition coefficient (Wildman–Crippen LogP) is 3.30. The van der Waals surface area contributed by atoms with E-state index in [1.54, 1.807) is 19.2 Å². The van der Waals surface area contributed by atoms with Gasteiger partial charge in [0.15, 0.2) is 0 Å². The number of anilines is 1. The van der Waals surface area contributed by atoms with Crippen molar-refractivity contribution in [2.45, 2.75) is 25.4 Å². The number of hydrogen-bond acceptors (Lipinski definition) is 5. The fourth-order valence-electron chi connectivity index (χ4n) is 5.47. The number of piperidine rings is 1. The first-order valence-electron chi connectivity index (χ1n) is 11.0. The minimum Gasteiger partial charge on any atom is -0.384 e. The van der Waals surface area contributed by atoms with E-state index in [2.05, 4.69) is 0 Å². The molecule has 1 aromatic carbocycles. The van der Waals surface area contributed by atoms with E-state index in [-0.39, 0.29) is 28.7 Å². The van der Waals surface area contributed by atoms with Crippen LogP contribution in [-0.4, -0.2) is 63.9 Å². The quantitative estimate of drug-likeness (QED) is 0.703. The molecule has 0 saturated carbocycles. The summed E-state index contributed by atoms with van der Waals surface area (Å²) in [5.41, 5.74) is -1.02. The summed E-state index contributed by atoms with van der Waals surface area (Å²) in [6.07, 6.45) is -2.40. The Morgan fingerprint density at radius 3 is 2.72 bits per heavy atom. The van der Waals surface area contributed by atoms with E-state index in [4.69, 9.17) is 14.7 Å². The lowest BCUT2D eigenvalue weighted by Gasteiger charge is -2.44. The lowest BCUT2D eigenvalue weighted by Crippen LogP contribution is -2.49. The number of halogens is 3. The van der Waals surface area contributed by atoms with Crippen molar-refractivity contribution in [3.63, 3.8) is 0 Å². The van der Waals surface area contributed by atoms with Crippen LogP contribution in [0, 0.1) is 28.6 Å². The molecule has 6 nitrogen and oxygen atoms in total. The maximum absolute atomic E-state index is 13.4. The second-order valence-corrected chi connectivity index (χ2v) is 9.13. The van der Waals surface area contributed by atoms with Gasteiger partial charge in [-0.05, 0) is 37.5 Å². The zero-order valence-electron chi connectivity index (χ0n) is 18.2. The Labute approximate surface area is 185 Å². The Kier molecular flexibility index (Phi) is 6.37. The van der Waals surface area contributed by atoms with Gasteiger partial charge in [-0.2, -0.15) is 18.4 Å². The van der Waals surface area contributed by atoms with Gasteiger partial charge in [-0.1, -0.05) is 0 Å². The fourth-order valence-corrected chi connectivity index (χ4v) is 5.47. The van der Waals surface area contributed by atoms with Crippen molar-refractivity contribution >= 4 is 11.6 Å². The van der Waals surface area contributed by atoms with Crippen molar-refractivity contribution in [1.82, 2.24) is 4.90 Å². The molecule has 3 heterocycles. The molecule has 2 atom stereocenters. The third kappa shape index (κ3) is 4.30. The molecule has 1 aromatic rings. The van der Waals surface area contributed by atoms with Gasteiger partial charge in [-0.15, -0.1) is 0 Å². The number of likely N-dealkylation sites (tertiary alicyclic amines) is 1. The lowest BCUT2D eigenvalue weighted by atomic mass is 9.73. The van der Waals surface area contributed by atoms with Crippen molar-refractivity contribution in [3.05, 3.63) is 29.3 Å². The largest absolute Gasteiger partial charge is 0.417 e. The van der Waals surface area contributed by atoms with Crippen LogP contribution in [0.4, 0.5) is 18.9 Å². The van der Waals surface area contributed by atoms with E-state index in [1.807, 2.05) is 9.80 Å². The van der Waals surface area contributed by atoms with E-state index >= 15 is 0 Å². The molecule has 3 aliphatic heterocycles. The highest BCUT2D eigenvalue weighted by Crippen LogP contribution is 2.45. The van der Waals surface area contributed by atoms with Gasteiger partial charge in [-0.25, -0.2) is 0 Å². The Balaban J connectivity index is 1.54. The summed E-state index contributed by atoms with van der Waals surface area (Å²) in [5.74, 6) is 0.236. The SMILES string of the molecule is COCC12CCN(c3ccc(C#N)c(C(F)(F)F)c3)CC1CN(C(=O)C1CCOCC1)C2. The van der Waals surface area contributed by atoms with Crippen LogP contribution in [-0.2, 0) is 20.4 Å². The number of fused-ring (bicyclic) bond motifs is 1. The van der Waals surface area contributed by atoms with Gasteiger partial charge in [0.2, 0.25) is 5.91 Å². The van der Waals surface area contributed by atoms with Crippen LogP contribution in [0.2, 0.25) is 0 Å². The summed E-state index contributed by atoms with van der Waals surface area (Å²) in [6, 6.07) is 5.53. The van der Waals surface area contributed by atoms with Crippen molar-refractivity contribution in [3.8, 4) is 6.07 Å². The Morgan fingerprint density at radius 2 is 2.06 bits per heavy atom. The molecule has 0 aromatic heterocycles. The minimum atomic E-state index is -4.59. The Hall–Kier alpha value is -2.31. The summed E-state index contributed by atoms with van der Waals surface area (Å²) in [7, 11) is 1.65. The van der Waals surface area contributed by atoms with Gasteiger partial charge in [0.05, 0.1) is 23.8 Å². The average molecular weight is 451 g/mol. The summed E-state index contributed by atoms with van der Waals surface area (Å²) in [6.45, 7) is 4.04. The molecule has 174 valence electrons. The Bertz CT molecular complexity index is 895. The number of benzene rings is 1. The molecule has 3 aliphatic rings. The van der Waals surface area contributed by atoms with Gasteiger partial charge in [0.25, 0.3) is 0 Å². The minimum absolute atomic E-state index is 0.0209. The third-order valence-electron chi connectivity index (χ3n) is 7.24. The van der Waals surface area contributed by atoms with E-state index in [1.165, 1.54) is 6.07 Å². The van der Waals surface area contributed by atoms with Gasteiger partial charge in [0.1, 0.15) is 0 Å². The van der Waals surface area contributed by atoms with Crippen molar-refractivity contribution in [1.29, 1.82) is 5.26 Å². The summed E-state index contributed by atoms with van der Waals surface area (Å²) in [4.78, 5) is 17.0. The number of nitriles is 1. The normalized spacial score (nSPS) is 26.7. The molecule has 0 N–H and O–H groups in total. The summed E-state index contributed by atoms with van der Waals surface area (Å²) >= 11 is 0. The fraction of sp³-hybridized carbons (Fsp3) is 0.652. The second kappa shape index (κ2) is 8.91. The summed E-state index contributed by atoms with van der Waals surface area (Å²) in [5, 5.41) is 9.06. The molecule has 0 bridgehead atoms. The summed E-state index contributed by atoms with van der Waals surface area (Å²) < 4.78 is 51.2. The van der Waals surface area contributed by atoms with Crippen LogP contribution in [0.25, 0.3) is 0 Å². The molecule has 3 saturated heterocycles. The molecular formula is C23H28F3N3O3. The van der Waals surface area contributed by atoms with Crippen molar-refractivity contribution < 1.29 is 27.4 Å². The maximum atomic E-state index is 13.4. The smallest absolute Gasteiger partial charge is 0.384 e. The second-order valence-electron chi connectivity index (χ2n) is 9.13. The maximum Gasteiger partial charge on any atom is 0.417 e. The monoisotopic (exact) mass is 451 g/mol. The van der Waals surface area contributed by atoms with Gasteiger partial charge < -0.3 is 19.3 Å². The van der Waals surface area contributed by atoms with E-state index in [0.717, 1.165) is 25.3 Å². The number of hydrogen-bond donors (Lipinski definition) is 0. The molecule has 4 rings (SSSR count). The van der Waals surface area contributed by atoms with E-state index in [0.29, 0.717) is 51.7 Å².